The molecule has 0 unspecified atom stereocenters. The van der Waals surface area contributed by atoms with Gasteiger partial charge in [0.05, 0.1) is 5.03 Å². The SMILES string of the molecule is Cc1ccccc1NC(=O)/C=C/C1=C(Cl)c2ccccc2CC1. The Hall–Kier alpha value is -2.32. The molecule has 116 valence electrons. The molecule has 3 heteroatoms. The van der Waals surface area contributed by atoms with Gasteiger partial charge < -0.3 is 5.32 Å². The summed E-state index contributed by atoms with van der Waals surface area (Å²) in [7, 11) is 0. The van der Waals surface area contributed by atoms with Crippen LogP contribution in [0.5, 0.6) is 0 Å². The number of nitrogens with one attached hydrogen (secondary N) is 1. The monoisotopic (exact) mass is 323 g/mol. The molecule has 0 spiro atoms. The molecule has 0 aliphatic heterocycles. The first-order valence-corrected chi connectivity index (χ1v) is 8.04. The average molecular weight is 324 g/mol. The highest BCUT2D eigenvalue weighted by molar-refractivity contribution is 6.49. The van der Waals surface area contributed by atoms with E-state index in [9.17, 15) is 4.79 Å². The molecular weight excluding hydrogens is 306 g/mol. The van der Waals surface area contributed by atoms with Gasteiger partial charge in [-0.15, -0.1) is 0 Å². The van der Waals surface area contributed by atoms with Crippen molar-refractivity contribution >= 4 is 28.2 Å². The lowest BCUT2D eigenvalue weighted by Gasteiger charge is -2.17. The first-order valence-electron chi connectivity index (χ1n) is 7.67. The van der Waals surface area contributed by atoms with E-state index in [4.69, 9.17) is 11.6 Å². The standard InChI is InChI=1S/C20H18ClNO/c1-14-6-2-5-9-18(14)22-19(23)13-12-16-11-10-15-7-3-4-8-17(15)20(16)21/h2-9,12-13H,10-11H2,1H3,(H,22,23)/b13-12+. The van der Waals surface area contributed by atoms with Crippen molar-refractivity contribution in [1.29, 1.82) is 0 Å². The normalized spacial score (nSPS) is 14.0. The molecule has 0 heterocycles. The average Bonchev–Trinajstić information content (AvgIpc) is 2.57. The molecule has 0 saturated carbocycles. The molecule has 23 heavy (non-hydrogen) atoms. The lowest BCUT2D eigenvalue weighted by molar-refractivity contribution is -0.111. The van der Waals surface area contributed by atoms with Crippen LogP contribution in [0.25, 0.3) is 5.03 Å². The zero-order valence-electron chi connectivity index (χ0n) is 13.0. The van der Waals surface area contributed by atoms with E-state index in [1.807, 2.05) is 55.5 Å². The van der Waals surface area contributed by atoms with Gasteiger partial charge in [-0.2, -0.15) is 0 Å². The van der Waals surface area contributed by atoms with Crippen LogP contribution < -0.4 is 5.32 Å². The van der Waals surface area contributed by atoms with Crippen LogP contribution in [0.1, 0.15) is 23.1 Å². The second kappa shape index (κ2) is 6.84. The Morgan fingerprint density at radius 1 is 1.09 bits per heavy atom. The third kappa shape index (κ3) is 3.54. The summed E-state index contributed by atoms with van der Waals surface area (Å²) >= 11 is 6.48. The number of hydrogen-bond donors (Lipinski definition) is 1. The third-order valence-electron chi connectivity index (χ3n) is 4.04. The molecular formula is C20H18ClNO. The molecule has 1 aliphatic rings. The maximum Gasteiger partial charge on any atom is 0.248 e. The number of fused-ring (bicyclic) bond motifs is 1. The fourth-order valence-electron chi connectivity index (χ4n) is 2.72. The van der Waals surface area contributed by atoms with E-state index in [-0.39, 0.29) is 5.91 Å². The van der Waals surface area contributed by atoms with Gasteiger partial charge in [-0.25, -0.2) is 0 Å². The van der Waals surface area contributed by atoms with Gasteiger partial charge >= 0.3 is 0 Å². The van der Waals surface area contributed by atoms with E-state index < -0.39 is 0 Å². The Balaban J connectivity index is 1.75. The summed E-state index contributed by atoms with van der Waals surface area (Å²) < 4.78 is 0. The molecule has 0 radical (unpaired) electrons. The van der Waals surface area contributed by atoms with Crippen LogP contribution in [0.4, 0.5) is 5.69 Å². The van der Waals surface area contributed by atoms with Crippen molar-refractivity contribution in [2.24, 2.45) is 0 Å². The molecule has 2 nitrogen and oxygen atoms in total. The molecule has 2 aromatic carbocycles. The zero-order valence-corrected chi connectivity index (χ0v) is 13.7. The van der Waals surface area contributed by atoms with Crippen molar-refractivity contribution in [3.63, 3.8) is 0 Å². The van der Waals surface area contributed by atoms with Crippen LogP contribution in [0, 0.1) is 6.92 Å². The number of para-hydroxylation sites is 1. The highest BCUT2D eigenvalue weighted by Gasteiger charge is 2.15. The Morgan fingerprint density at radius 3 is 2.65 bits per heavy atom. The smallest absolute Gasteiger partial charge is 0.248 e. The Bertz CT molecular complexity index is 805. The molecule has 0 aromatic heterocycles. The van der Waals surface area contributed by atoms with Gasteiger partial charge in [-0.05, 0) is 48.1 Å². The fourth-order valence-corrected chi connectivity index (χ4v) is 3.07. The minimum absolute atomic E-state index is 0.143. The van der Waals surface area contributed by atoms with Crippen molar-refractivity contribution in [1.82, 2.24) is 0 Å². The van der Waals surface area contributed by atoms with Crippen LogP contribution in [0.15, 0.2) is 66.3 Å². The predicted molar refractivity (Wildman–Crippen MR) is 96.5 cm³/mol. The summed E-state index contributed by atoms with van der Waals surface area (Å²) in [6.07, 6.45) is 5.18. The molecule has 1 aliphatic carbocycles. The molecule has 3 rings (SSSR count). The zero-order chi connectivity index (χ0) is 16.2. The number of allylic oxidation sites excluding steroid dienone is 2. The summed E-state index contributed by atoms with van der Waals surface area (Å²) in [4.78, 5) is 12.1. The minimum atomic E-state index is -0.143. The third-order valence-corrected chi connectivity index (χ3v) is 4.48. The number of benzene rings is 2. The van der Waals surface area contributed by atoms with Gasteiger partial charge in [0.2, 0.25) is 5.91 Å². The number of amides is 1. The topological polar surface area (TPSA) is 29.1 Å². The Kier molecular flexibility index (Phi) is 4.63. The number of carbonyl (C=O) groups is 1. The molecule has 0 bridgehead atoms. The van der Waals surface area contributed by atoms with Crippen LogP contribution in [0.2, 0.25) is 0 Å². The van der Waals surface area contributed by atoms with Crippen LogP contribution in [0.3, 0.4) is 0 Å². The van der Waals surface area contributed by atoms with Gasteiger partial charge in [-0.1, -0.05) is 60.1 Å². The molecule has 1 amide bonds. The lowest BCUT2D eigenvalue weighted by atomic mass is 9.92. The maximum atomic E-state index is 12.1. The van der Waals surface area contributed by atoms with Gasteiger partial charge in [-0.3, -0.25) is 4.79 Å². The van der Waals surface area contributed by atoms with E-state index in [1.54, 1.807) is 6.08 Å². The Labute approximate surface area is 141 Å². The van der Waals surface area contributed by atoms with Crippen LogP contribution >= 0.6 is 11.6 Å². The predicted octanol–water partition coefficient (Wildman–Crippen LogP) is 5.09. The molecule has 1 N–H and O–H groups in total. The summed E-state index contributed by atoms with van der Waals surface area (Å²) in [5.41, 5.74) is 5.21. The number of hydrogen-bond acceptors (Lipinski definition) is 1. The number of carbonyl (C=O) groups excluding carboxylic acids is 1. The fraction of sp³-hybridized carbons (Fsp3) is 0.150. The molecule has 2 aromatic rings. The first kappa shape index (κ1) is 15.6. The van der Waals surface area contributed by atoms with E-state index in [2.05, 4.69) is 11.4 Å². The van der Waals surface area contributed by atoms with E-state index in [0.717, 1.165) is 40.3 Å². The van der Waals surface area contributed by atoms with Crippen LogP contribution in [-0.2, 0) is 11.2 Å². The number of aryl methyl sites for hydroxylation is 2. The quantitative estimate of drug-likeness (QED) is 0.783. The van der Waals surface area contributed by atoms with Gasteiger partial charge in [0.25, 0.3) is 0 Å². The second-order valence-electron chi connectivity index (χ2n) is 5.63. The minimum Gasteiger partial charge on any atom is -0.322 e. The second-order valence-corrected chi connectivity index (χ2v) is 6.01. The van der Waals surface area contributed by atoms with Crippen molar-refractivity contribution in [3.05, 3.63) is 82.9 Å². The number of rotatable bonds is 3. The Morgan fingerprint density at radius 2 is 1.83 bits per heavy atom. The molecule has 0 saturated heterocycles. The molecule has 0 atom stereocenters. The van der Waals surface area contributed by atoms with E-state index >= 15 is 0 Å². The first-order chi connectivity index (χ1) is 11.1. The summed E-state index contributed by atoms with van der Waals surface area (Å²) in [5, 5.41) is 3.63. The number of halogens is 1. The van der Waals surface area contributed by atoms with Crippen molar-refractivity contribution in [2.45, 2.75) is 19.8 Å². The van der Waals surface area contributed by atoms with Crippen LogP contribution in [-0.4, -0.2) is 5.91 Å². The number of anilines is 1. The van der Waals surface area contributed by atoms with Gasteiger partial charge in [0.1, 0.15) is 0 Å². The van der Waals surface area contributed by atoms with Gasteiger partial charge in [0.15, 0.2) is 0 Å². The summed E-state index contributed by atoms with van der Waals surface area (Å²) in [6.45, 7) is 1.97. The highest BCUT2D eigenvalue weighted by Crippen LogP contribution is 2.34. The lowest BCUT2D eigenvalue weighted by Crippen LogP contribution is -2.09. The maximum absolute atomic E-state index is 12.1. The largest absolute Gasteiger partial charge is 0.322 e. The van der Waals surface area contributed by atoms with Crippen molar-refractivity contribution < 1.29 is 4.79 Å². The molecule has 0 fully saturated rings. The van der Waals surface area contributed by atoms with Gasteiger partial charge in [0, 0.05) is 11.8 Å². The van der Waals surface area contributed by atoms with Crippen molar-refractivity contribution in [3.8, 4) is 0 Å². The van der Waals surface area contributed by atoms with E-state index in [1.165, 1.54) is 5.56 Å². The summed E-state index contributed by atoms with van der Waals surface area (Å²) in [6, 6.07) is 15.9. The highest BCUT2D eigenvalue weighted by atomic mass is 35.5. The summed E-state index contributed by atoms with van der Waals surface area (Å²) in [5.74, 6) is -0.143. The van der Waals surface area contributed by atoms with Crippen molar-refractivity contribution in [2.75, 3.05) is 5.32 Å². The van der Waals surface area contributed by atoms with E-state index in [0.29, 0.717) is 0 Å².